The Hall–Kier alpha value is -1.89. The monoisotopic (exact) mass is 337 g/mol. The van der Waals surface area contributed by atoms with Crippen molar-refractivity contribution in [2.75, 3.05) is 29.8 Å². The molecule has 0 saturated carbocycles. The number of nitrogens with one attached hydrogen (secondary N) is 1. The topological polar surface area (TPSA) is 84.7 Å². The smallest absolute Gasteiger partial charge is 0.248 e. The first kappa shape index (κ1) is 17.5. The molecule has 0 radical (unpaired) electrons. The minimum absolute atomic E-state index is 0.0168. The number of methoxy groups -OCH3 is 1. The number of hydrogen-bond acceptors (Lipinski definition) is 5. The van der Waals surface area contributed by atoms with Crippen molar-refractivity contribution < 1.29 is 14.3 Å². The fraction of sp³-hybridized carbons (Fsp3) is 0.500. The average Bonchev–Trinajstić information content (AvgIpc) is 2.95. The standard InChI is InChI=1S/C16H23N3O3S/c1-16(2,3)15(21)19-9-23-8-12(19)14(20)18-10-5-6-13(22-4)11(17)7-10/h5-7,12H,8-9,17H2,1-4H3,(H,18,20). The zero-order valence-corrected chi connectivity index (χ0v) is 14.7. The van der Waals surface area contributed by atoms with Crippen molar-refractivity contribution in [3.63, 3.8) is 0 Å². The molecule has 1 fully saturated rings. The lowest BCUT2D eigenvalue weighted by atomic mass is 9.94. The SMILES string of the molecule is COc1ccc(NC(=O)C2CSCN2C(=O)C(C)(C)C)cc1N. The van der Waals surface area contributed by atoms with Gasteiger partial charge in [0, 0.05) is 16.9 Å². The minimum atomic E-state index is -0.506. The highest BCUT2D eigenvalue weighted by atomic mass is 32.2. The number of nitrogens with zero attached hydrogens (tertiary/aromatic N) is 1. The lowest BCUT2D eigenvalue weighted by molar-refractivity contribution is -0.143. The molecule has 0 bridgehead atoms. The first-order valence-electron chi connectivity index (χ1n) is 7.37. The molecule has 1 aromatic rings. The van der Waals surface area contributed by atoms with E-state index in [-0.39, 0.29) is 11.8 Å². The quantitative estimate of drug-likeness (QED) is 0.826. The van der Waals surface area contributed by atoms with Gasteiger partial charge in [-0.15, -0.1) is 11.8 Å². The maximum Gasteiger partial charge on any atom is 0.248 e. The third-order valence-corrected chi connectivity index (χ3v) is 4.60. The number of rotatable bonds is 3. The van der Waals surface area contributed by atoms with Gasteiger partial charge in [-0.3, -0.25) is 9.59 Å². The molecule has 0 aliphatic carbocycles. The van der Waals surface area contributed by atoms with Crippen molar-refractivity contribution in [3.05, 3.63) is 18.2 Å². The Morgan fingerprint density at radius 2 is 2.09 bits per heavy atom. The van der Waals surface area contributed by atoms with E-state index in [9.17, 15) is 9.59 Å². The van der Waals surface area contributed by atoms with Crippen LogP contribution in [0.4, 0.5) is 11.4 Å². The van der Waals surface area contributed by atoms with Crippen LogP contribution in [0.2, 0.25) is 0 Å². The summed E-state index contributed by atoms with van der Waals surface area (Å²) in [5, 5.41) is 2.83. The first-order valence-corrected chi connectivity index (χ1v) is 8.52. The Morgan fingerprint density at radius 3 is 2.65 bits per heavy atom. The van der Waals surface area contributed by atoms with Gasteiger partial charge in [0.1, 0.15) is 11.8 Å². The summed E-state index contributed by atoms with van der Waals surface area (Å²) in [5.74, 6) is 1.48. The lowest BCUT2D eigenvalue weighted by Crippen LogP contribution is -2.48. The van der Waals surface area contributed by atoms with Gasteiger partial charge in [0.2, 0.25) is 11.8 Å². The van der Waals surface area contributed by atoms with Crippen molar-refractivity contribution in [3.8, 4) is 5.75 Å². The molecule has 1 saturated heterocycles. The van der Waals surface area contributed by atoms with Crippen LogP contribution >= 0.6 is 11.8 Å². The van der Waals surface area contributed by atoms with Gasteiger partial charge in [-0.25, -0.2) is 0 Å². The fourth-order valence-corrected chi connectivity index (χ4v) is 3.48. The van der Waals surface area contributed by atoms with Crippen LogP contribution in [-0.2, 0) is 9.59 Å². The highest BCUT2D eigenvalue weighted by Crippen LogP contribution is 2.29. The number of carbonyl (C=O) groups is 2. The summed E-state index contributed by atoms with van der Waals surface area (Å²) >= 11 is 1.58. The van der Waals surface area contributed by atoms with E-state index >= 15 is 0 Å². The van der Waals surface area contributed by atoms with Gasteiger partial charge in [0.05, 0.1) is 18.7 Å². The number of thioether (sulfide) groups is 1. The normalized spacial score (nSPS) is 17.9. The van der Waals surface area contributed by atoms with Crippen LogP contribution < -0.4 is 15.8 Å². The third kappa shape index (κ3) is 3.90. The second-order valence-electron chi connectivity index (χ2n) is 6.49. The second kappa shape index (κ2) is 6.70. The molecular formula is C16H23N3O3S. The van der Waals surface area contributed by atoms with Crippen molar-refractivity contribution in [1.82, 2.24) is 4.90 Å². The van der Waals surface area contributed by atoms with E-state index < -0.39 is 11.5 Å². The molecule has 1 aromatic carbocycles. The van der Waals surface area contributed by atoms with E-state index in [1.54, 1.807) is 34.9 Å². The van der Waals surface area contributed by atoms with Gasteiger partial charge in [0.25, 0.3) is 0 Å². The summed E-state index contributed by atoms with van der Waals surface area (Å²) in [6, 6.07) is 4.61. The molecule has 7 heteroatoms. The lowest BCUT2D eigenvalue weighted by Gasteiger charge is -2.29. The zero-order chi connectivity index (χ0) is 17.2. The van der Waals surface area contributed by atoms with Crippen LogP contribution in [0.5, 0.6) is 5.75 Å². The number of ether oxygens (including phenoxy) is 1. The predicted octanol–water partition coefficient (Wildman–Crippen LogP) is 2.16. The molecule has 0 spiro atoms. The fourth-order valence-electron chi connectivity index (χ4n) is 2.33. The molecule has 126 valence electrons. The molecule has 3 N–H and O–H groups in total. The van der Waals surface area contributed by atoms with Crippen LogP contribution in [0, 0.1) is 5.41 Å². The van der Waals surface area contributed by atoms with Gasteiger partial charge in [0.15, 0.2) is 0 Å². The third-order valence-electron chi connectivity index (χ3n) is 3.58. The van der Waals surface area contributed by atoms with Crippen LogP contribution in [0.1, 0.15) is 20.8 Å². The van der Waals surface area contributed by atoms with Crippen molar-refractivity contribution in [2.24, 2.45) is 5.41 Å². The average molecular weight is 337 g/mol. The maximum atomic E-state index is 12.5. The highest BCUT2D eigenvalue weighted by molar-refractivity contribution is 7.99. The summed E-state index contributed by atoms with van der Waals surface area (Å²) in [7, 11) is 1.54. The number of nitrogen functional groups attached to an aromatic ring is 1. The summed E-state index contributed by atoms with van der Waals surface area (Å²) in [5.41, 5.74) is 6.39. The minimum Gasteiger partial charge on any atom is -0.495 e. The molecule has 1 aliphatic heterocycles. The number of amides is 2. The van der Waals surface area contributed by atoms with Crippen molar-refractivity contribution in [2.45, 2.75) is 26.8 Å². The summed E-state index contributed by atoms with van der Waals surface area (Å²) < 4.78 is 5.10. The summed E-state index contributed by atoms with van der Waals surface area (Å²) in [6.07, 6.45) is 0. The molecule has 6 nitrogen and oxygen atoms in total. The predicted molar refractivity (Wildman–Crippen MR) is 93.5 cm³/mol. The molecule has 0 aromatic heterocycles. The molecule has 1 aliphatic rings. The van der Waals surface area contributed by atoms with Gasteiger partial charge < -0.3 is 20.7 Å². The van der Waals surface area contributed by atoms with Crippen LogP contribution in [0.15, 0.2) is 18.2 Å². The number of carbonyl (C=O) groups excluding carboxylic acids is 2. The largest absolute Gasteiger partial charge is 0.495 e. The maximum absolute atomic E-state index is 12.5. The summed E-state index contributed by atoms with van der Waals surface area (Å²) in [4.78, 5) is 26.6. The van der Waals surface area contributed by atoms with Crippen LogP contribution in [-0.4, -0.2) is 41.5 Å². The van der Waals surface area contributed by atoms with Gasteiger partial charge >= 0.3 is 0 Å². The second-order valence-corrected chi connectivity index (χ2v) is 7.49. The molecule has 2 amide bonds. The number of anilines is 2. The van der Waals surface area contributed by atoms with E-state index in [2.05, 4.69) is 5.32 Å². The molecular weight excluding hydrogens is 314 g/mol. The van der Waals surface area contributed by atoms with Crippen LogP contribution in [0.3, 0.4) is 0 Å². The van der Waals surface area contributed by atoms with E-state index in [0.717, 1.165) is 0 Å². The van der Waals surface area contributed by atoms with E-state index in [1.807, 2.05) is 20.8 Å². The zero-order valence-electron chi connectivity index (χ0n) is 13.9. The van der Waals surface area contributed by atoms with Crippen molar-refractivity contribution >= 4 is 35.0 Å². The molecule has 1 unspecified atom stereocenters. The van der Waals surface area contributed by atoms with E-state index in [0.29, 0.717) is 28.8 Å². The molecule has 2 rings (SSSR count). The van der Waals surface area contributed by atoms with E-state index in [4.69, 9.17) is 10.5 Å². The molecule has 1 atom stereocenters. The van der Waals surface area contributed by atoms with Gasteiger partial charge in [-0.2, -0.15) is 0 Å². The number of nitrogens with two attached hydrogens (primary N) is 1. The Bertz CT molecular complexity index is 613. The van der Waals surface area contributed by atoms with Gasteiger partial charge in [-0.05, 0) is 18.2 Å². The Kier molecular flexibility index (Phi) is 5.09. The Labute approximate surface area is 140 Å². The number of benzene rings is 1. The number of hydrogen-bond donors (Lipinski definition) is 2. The first-order chi connectivity index (χ1) is 10.7. The summed E-state index contributed by atoms with van der Waals surface area (Å²) in [6.45, 7) is 5.58. The van der Waals surface area contributed by atoms with E-state index in [1.165, 1.54) is 7.11 Å². The van der Waals surface area contributed by atoms with Gasteiger partial charge in [-0.1, -0.05) is 20.8 Å². The highest BCUT2D eigenvalue weighted by Gasteiger charge is 2.39. The van der Waals surface area contributed by atoms with Crippen molar-refractivity contribution in [1.29, 1.82) is 0 Å². The molecule has 1 heterocycles. The molecule has 23 heavy (non-hydrogen) atoms. The van der Waals surface area contributed by atoms with Crippen LogP contribution in [0.25, 0.3) is 0 Å². The Morgan fingerprint density at radius 1 is 1.39 bits per heavy atom. The Balaban J connectivity index is 2.10.